The third kappa shape index (κ3) is 9.09. The Hall–Kier alpha value is -2.40. The van der Waals surface area contributed by atoms with E-state index >= 15 is 0 Å². The van der Waals surface area contributed by atoms with E-state index in [0.717, 1.165) is 56.8 Å². The zero-order valence-electron chi connectivity index (χ0n) is 17.1. The molecule has 0 heterocycles. The van der Waals surface area contributed by atoms with E-state index in [-0.39, 0.29) is 18.2 Å². The minimum absolute atomic E-state index is 0.0622. The lowest BCUT2D eigenvalue weighted by Crippen LogP contribution is -2.28. The van der Waals surface area contributed by atoms with Gasteiger partial charge in [-0.15, -0.1) is 6.58 Å². The number of hydrogen-bond acceptors (Lipinski definition) is 4. The van der Waals surface area contributed by atoms with Crippen molar-refractivity contribution in [3.05, 3.63) is 54.1 Å². The van der Waals surface area contributed by atoms with Crippen LogP contribution in [0.3, 0.4) is 0 Å². The molecule has 2 rings (SSSR count). The van der Waals surface area contributed by atoms with Crippen LogP contribution in [0.4, 0.5) is 0 Å². The Morgan fingerprint density at radius 2 is 1.66 bits per heavy atom. The Labute approximate surface area is 173 Å². The molecule has 29 heavy (non-hydrogen) atoms. The zero-order valence-corrected chi connectivity index (χ0v) is 17.1. The summed E-state index contributed by atoms with van der Waals surface area (Å²) in [7, 11) is 0. The minimum atomic E-state index is -1.00. The van der Waals surface area contributed by atoms with E-state index in [1.54, 1.807) is 24.3 Å². The van der Waals surface area contributed by atoms with E-state index < -0.39 is 5.97 Å². The molecule has 1 fully saturated rings. The fraction of sp³-hybridized carbons (Fsp3) is 0.500. The van der Waals surface area contributed by atoms with Crippen LogP contribution in [-0.2, 0) is 14.3 Å². The summed E-state index contributed by atoms with van der Waals surface area (Å²) in [5, 5.41) is 8.65. The standard InChI is InChI=1S/C24H32O5/c1-2-3-4-5-6-7-18-28-21-13-15-22(16-14-21)29-24(27)20-11-8-19(9-12-20)10-17-23(25)26/h2,8-12,17,21-22H,1,3-7,13-16,18H2,(H,25,26). The predicted molar refractivity (Wildman–Crippen MR) is 114 cm³/mol. The first-order valence-corrected chi connectivity index (χ1v) is 10.5. The normalized spacial score (nSPS) is 19.2. The maximum atomic E-state index is 12.3. The maximum absolute atomic E-state index is 12.3. The van der Waals surface area contributed by atoms with Gasteiger partial charge in [0.1, 0.15) is 6.10 Å². The van der Waals surface area contributed by atoms with Crippen LogP contribution in [0, 0.1) is 0 Å². The summed E-state index contributed by atoms with van der Waals surface area (Å²) in [5.74, 6) is -1.33. The number of carboxylic acids is 1. The first-order valence-electron chi connectivity index (χ1n) is 10.5. The summed E-state index contributed by atoms with van der Waals surface area (Å²) in [6.45, 7) is 4.55. The van der Waals surface area contributed by atoms with Crippen molar-refractivity contribution in [2.45, 2.75) is 70.0 Å². The second kappa shape index (κ2) is 12.9. The highest BCUT2D eigenvalue weighted by molar-refractivity contribution is 5.90. The molecule has 1 aromatic rings. The third-order valence-electron chi connectivity index (χ3n) is 5.12. The summed E-state index contributed by atoms with van der Waals surface area (Å²) in [6.07, 6.45) is 14.1. The molecule has 1 saturated carbocycles. The van der Waals surface area contributed by atoms with Gasteiger partial charge in [0.25, 0.3) is 0 Å². The Morgan fingerprint density at radius 3 is 2.31 bits per heavy atom. The topological polar surface area (TPSA) is 72.8 Å². The fourth-order valence-corrected chi connectivity index (χ4v) is 3.43. The molecule has 0 unspecified atom stereocenters. The molecule has 0 saturated heterocycles. The number of benzene rings is 1. The number of hydrogen-bond donors (Lipinski definition) is 1. The molecule has 158 valence electrons. The molecular formula is C24H32O5. The molecule has 0 radical (unpaired) electrons. The van der Waals surface area contributed by atoms with Gasteiger partial charge in [-0.05, 0) is 68.7 Å². The molecule has 0 spiro atoms. The van der Waals surface area contributed by atoms with Gasteiger partial charge < -0.3 is 14.6 Å². The monoisotopic (exact) mass is 400 g/mol. The fourth-order valence-electron chi connectivity index (χ4n) is 3.43. The molecule has 5 nitrogen and oxygen atoms in total. The number of carboxylic acid groups (broad SMARTS) is 1. The van der Waals surface area contributed by atoms with Crippen LogP contribution >= 0.6 is 0 Å². The Balaban J connectivity index is 1.64. The van der Waals surface area contributed by atoms with E-state index in [4.69, 9.17) is 14.6 Å². The molecule has 1 N–H and O–H groups in total. The number of carbonyl (C=O) groups is 2. The number of allylic oxidation sites excluding steroid dienone is 1. The van der Waals surface area contributed by atoms with Gasteiger partial charge in [0.05, 0.1) is 11.7 Å². The second-order valence-electron chi connectivity index (χ2n) is 7.46. The summed E-state index contributed by atoms with van der Waals surface area (Å²) in [6, 6.07) is 6.73. The lowest BCUT2D eigenvalue weighted by molar-refractivity contribution is -0.131. The van der Waals surface area contributed by atoms with Crippen molar-refractivity contribution >= 4 is 18.0 Å². The molecular weight excluding hydrogens is 368 g/mol. The number of unbranched alkanes of at least 4 members (excludes halogenated alkanes) is 4. The largest absolute Gasteiger partial charge is 0.478 e. The highest BCUT2D eigenvalue weighted by atomic mass is 16.5. The predicted octanol–water partition coefficient (Wildman–Crippen LogP) is 5.41. The molecule has 0 amide bonds. The molecule has 1 aliphatic rings. The van der Waals surface area contributed by atoms with Crippen LogP contribution in [-0.4, -0.2) is 35.9 Å². The number of aliphatic carboxylic acids is 1. The van der Waals surface area contributed by atoms with Crippen molar-refractivity contribution in [1.29, 1.82) is 0 Å². The Bertz CT molecular complexity index is 669. The highest BCUT2D eigenvalue weighted by Gasteiger charge is 2.24. The quantitative estimate of drug-likeness (QED) is 0.220. The molecule has 1 aliphatic carbocycles. The average Bonchev–Trinajstić information content (AvgIpc) is 2.73. The lowest BCUT2D eigenvalue weighted by atomic mass is 9.95. The van der Waals surface area contributed by atoms with E-state index in [0.29, 0.717) is 5.56 Å². The van der Waals surface area contributed by atoms with Gasteiger partial charge >= 0.3 is 11.9 Å². The number of rotatable bonds is 12. The number of carbonyl (C=O) groups excluding carboxylic acids is 1. The van der Waals surface area contributed by atoms with Crippen molar-refractivity contribution in [2.75, 3.05) is 6.61 Å². The first kappa shape index (κ1) is 22.9. The van der Waals surface area contributed by atoms with E-state index in [1.165, 1.54) is 25.3 Å². The zero-order chi connectivity index (χ0) is 20.9. The van der Waals surface area contributed by atoms with Gasteiger partial charge in [-0.25, -0.2) is 9.59 Å². The molecule has 0 bridgehead atoms. The smallest absolute Gasteiger partial charge is 0.338 e. The van der Waals surface area contributed by atoms with E-state index in [1.807, 2.05) is 6.08 Å². The van der Waals surface area contributed by atoms with Crippen LogP contribution in [0.25, 0.3) is 6.08 Å². The molecule has 0 atom stereocenters. The highest BCUT2D eigenvalue weighted by Crippen LogP contribution is 2.24. The van der Waals surface area contributed by atoms with Crippen molar-refractivity contribution in [1.82, 2.24) is 0 Å². The average molecular weight is 401 g/mol. The summed E-state index contributed by atoms with van der Waals surface area (Å²) in [4.78, 5) is 22.9. The summed E-state index contributed by atoms with van der Waals surface area (Å²) < 4.78 is 11.6. The van der Waals surface area contributed by atoms with Gasteiger partial charge in [0.15, 0.2) is 0 Å². The molecule has 1 aromatic carbocycles. The molecule has 0 aromatic heterocycles. The third-order valence-corrected chi connectivity index (χ3v) is 5.12. The van der Waals surface area contributed by atoms with Crippen molar-refractivity contribution in [2.24, 2.45) is 0 Å². The van der Waals surface area contributed by atoms with Crippen LogP contribution in [0.15, 0.2) is 43.0 Å². The number of esters is 1. The van der Waals surface area contributed by atoms with Crippen LogP contribution in [0.2, 0.25) is 0 Å². The van der Waals surface area contributed by atoms with Crippen molar-refractivity contribution in [3.8, 4) is 0 Å². The van der Waals surface area contributed by atoms with E-state index in [2.05, 4.69) is 6.58 Å². The van der Waals surface area contributed by atoms with Gasteiger partial charge in [0.2, 0.25) is 0 Å². The van der Waals surface area contributed by atoms with Crippen LogP contribution < -0.4 is 0 Å². The lowest BCUT2D eigenvalue weighted by Gasteiger charge is -2.28. The van der Waals surface area contributed by atoms with E-state index in [9.17, 15) is 9.59 Å². The molecule has 0 aliphatic heterocycles. The minimum Gasteiger partial charge on any atom is -0.478 e. The Morgan fingerprint density at radius 1 is 1.00 bits per heavy atom. The SMILES string of the molecule is C=CCCCCCCOC1CCC(OC(=O)c2ccc(C=CC(=O)O)cc2)CC1. The van der Waals surface area contributed by atoms with Crippen LogP contribution in [0.5, 0.6) is 0 Å². The maximum Gasteiger partial charge on any atom is 0.338 e. The summed E-state index contributed by atoms with van der Waals surface area (Å²) in [5.41, 5.74) is 1.20. The first-order chi connectivity index (χ1) is 14.1. The van der Waals surface area contributed by atoms with Gasteiger partial charge in [-0.1, -0.05) is 31.1 Å². The van der Waals surface area contributed by atoms with Gasteiger partial charge in [-0.2, -0.15) is 0 Å². The Kier molecular flexibility index (Phi) is 10.2. The second-order valence-corrected chi connectivity index (χ2v) is 7.46. The van der Waals surface area contributed by atoms with Gasteiger partial charge in [0, 0.05) is 12.7 Å². The molecule has 5 heteroatoms. The van der Waals surface area contributed by atoms with Crippen molar-refractivity contribution in [3.63, 3.8) is 0 Å². The van der Waals surface area contributed by atoms with Crippen molar-refractivity contribution < 1.29 is 24.2 Å². The summed E-state index contributed by atoms with van der Waals surface area (Å²) >= 11 is 0. The van der Waals surface area contributed by atoms with Crippen LogP contribution in [0.1, 0.15) is 73.7 Å². The van der Waals surface area contributed by atoms with Gasteiger partial charge in [-0.3, -0.25) is 0 Å². The number of ether oxygens (including phenoxy) is 2.